The van der Waals surface area contributed by atoms with Crippen LogP contribution < -0.4 is 0 Å². The number of benzene rings is 2. The molecule has 2 aromatic rings. The molecule has 0 N–H and O–H groups in total. The lowest BCUT2D eigenvalue weighted by Gasteiger charge is -2.08. The Hall–Kier alpha value is -2.62. The number of unbranched alkanes of at least 4 members (excludes halogenated alkanes) is 4. The Balaban J connectivity index is 1.70. The zero-order valence-electron chi connectivity index (χ0n) is 17.6. The van der Waals surface area contributed by atoms with Gasteiger partial charge in [-0.25, -0.2) is 9.59 Å². The molecule has 0 saturated heterocycles. The number of ether oxygens (including phenoxy) is 2. The van der Waals surface area contributed by atoms with E-state index in [1.165, 1.54) is 31.7 Å². The monoisotopic (exact) mass is 396 g/mol. The summed E-state index contributed by atoms with van der Waals surface area (Å²) in [5.74, 6) is -0.0882. The lowest BCUT2D eigenvalue weighted by molar-refractivity contribution is 0.0472. The third kappa shape index (κ3) is 8.95. The molecule has 0 saturated carbocycles. The lowest BCUT2D eigenvalue weighted by Crippen LogP contribution is -2.10. The summed E-state index contributed by atoms with van der Waals surface area (Å²) >= 11 is 0. The van der Waals surface area contributed by atoms with E-state index in [1.54, 1.807) is 18.2 Å². The molecule has 2 aromatic carbocycles. The van der Waals surface area contributed by atoms with Gasteiger partial charge >= 0.3 is 11.9 Å². The van der Waals surface area contributed by atoms with E-state index in [4.69, 9.17) is 9.47 Å². The number of hydrogen-bond acceptors (Lipinski definition) is 4. The van der Waals surface area contributed by atoms with Crippen LogP contribution in [0.4, 0.5) is 0 Å². The molecule has 0 atom stereocenters. The van der Waals surface area contributed by atoms with Crippen molar-refractivity contribution in [2.24, 2.45) is 5.92 Å². The van der Waals surface area contributed by atoms with Crippen molar-refractivity contribution >= 4 is 11.9 Å². The second-order valence-corrected chi connectivity index (χ2v) is 7.73. The third-order valence-corrected chi connectivity index (χ3v) is 4.71. The molecule has 0 fully saturated rings. The first kappa shape index (κ1) is 22.7. The predicted octanol–water partition coefficient (Wildman–Crippen LogP) is 6.20. The first-order chi connectivity index (χ1) is 14.1. The van der Waals surface area contributed by atoms with E-state index >= 15 is 0 Å². The summed E-state index contributed by atoms with van der Waals surface area (Å²) in [4.78, 5) is 24.5. The fraction of sp³-hybridized carbons (Fsp3) is 0.440. The molecule has 0 aliphatic rings. The van der Waals surface area contributed by atoms with Crippen molar-refractivity contribution in [1.29, 1.82) is 0 Å². The minimum Gasteiger partial charge on any atom is -0.462 e. The molecule has 0 unspecified atom stereocenters. The highest BCUT2D eigenvalue weighted by Crippen LogP contribution is 2.12. The molecule has 0 aromatic heterocycles. The molecule has 0 amide bonds. The van der Waals surface area contributed by atoms with Gasteiger partial charge in [-0.1, -0.05) is 82.3 Å². The van der Waals surface area contributed by atoms with Crippen molar-refractivity contribution in [3.8, 4) is 0 Å². The van der Waals surface area contributed by atoms with E-state index in [2.05, 4.69) is 13.8 Å². The van der Waals surface area contributed by atoms with E-state index in [1.807, 2.05) is 30.3 Å². The summed E-state index contributed by atoms with van der Waals surface area (Å²) in [6, 6.07) is 16.0. The molecular weight excluding hydrogens is 364 g/mol. The standard InChI is InChI=1S/C25H32O4/c1-20(2)12-7-4-3-5-10-17-28-24(26)22-15-11-16-23(18-22)25(27)29-19-21-13-8-6-9-14-21/h6,8-9,11,13-16,18,20H,3-5,7,10,12,17,19H2,1-2H3. The van der Waals surface area contributed by atoms with Crippen molar-refractivity contribution < 1.29 is 19.1 Å². The Morgan fingerprint density at radius 1 is 0.759 bits per heavy atom. The average Bonchev–Trinajstić information content (AvgIpc) is 2.74. The van der Waals surface area contributed by atoms with Gasteiger partial charge in [0, 0.05) is 0 Å². The second kappa shape index (κ2) is 12.8. The van der Waals surface area contributed by atoms with Gasteiger partial charge in [-0.05, 0) is 36.1 Å². The molecular formula is C25H32O4. The minimum absolute atomic E-state index is 0.200. The first-order valence-electron chi connectivity index (χ1n) is 10.5. The van der Waals surface area contributed by atoms with Crippen LogP contribution in [-0.4, -0.2) is 18.5 Å². The van der Waals surface area contributed by atoms with Gasteiger partial charge in [0.25, 0.3) is 0 Å². The van der Waals surface area contributed by atoms with Gasteiger partial charge in [0.15, 0.2) is 0 Å². The van der Waals surface area contributed by atoms with Crippen LogP contribution in [0.1, 0.15) is 78.7 Å². The molecule has 0 aliphatic heterocycles. The summed E-state index contributed by atoms with van der Waals surface area (Å²) in [5.41, 5.74) is 1.64. The van der Waals surface area contributed by atoms with Crippen LogP contribution in [0.2, 0.25) is 0 Å². The molecule has 0 aliphatic carbocycles. The number of carbonyl (C=O) groups is 2. The third-order valence-electron chi connectivity index (χ3n) is 4.71. The highest BCUT2D eigenvalue weighted by atomic mass is 16.5. The maximum atomic E-state index is 12.2. The van der Waals surface area contributed by atoms with E-state index in [-0.39, 0.29) is 6.61 Å². The Morgan fingerprint density at radius 2 is 1.38 bits per heavy atom. The Labute approximate surface area is 174 Å². The van der Waals surface area contributed by atoms with Crippen LogP contribution in [0, 0.1) is 5.92 Å². The quantitative estimate of drug-likeness (QED) is 0.317. The topological polar surface area (TPSA) is 52.6 Å². The summed E-state index contributed by atoms with van der Waals surface area (Å²) in [6.45, 7) is 5.10. The number of esters is 2. The smallest absolute Gasteiger partial charge is 0.338 e. The zero-order valence-corrected chi connectivity index (χ0v) is 17.6. The van der Waals surface area contributed by atoms with Gasteiger partial charge in [-0.2, -0.15) is 0 Å². The van der Waals surface area contributed by atoms with Gasteiger partial charge in [-0.3, -0.25) is 0 Å². The van der Waals surface area contributed by atoms with Gasteiger partial charge in [0.1, 0.15) is 6.61 Å². The fourth-order valence-electron chi connectivity index (χ4n) is 3.01. The lowest BCUT2D eigenvalue weighted by atomic mass is 10.0. The number of rotatable bonds is 12. The molecule has 0 heterocycles. The van der Waals surface area contributed by atoms with Crippen LogP contribution in [0.15, 0.2) is 54.6 Å². The fourth-order valence-corrected chi connectivity index (χ4v) is 3.01. The molecule has 4 heteroatoms. The van der Waals surface area contributed by atoms with Crippen LogP contribution in [0.5, 0.6) is 0 Å². The van der Waals surface area contributed by atoms with E-state index in [0.717, 1.165) is 24.3 Å². The summed E-state index contributed by atoms with van der Waals surface area (Å²) < 4.78 is 10.7. The van der Waals surface area contributed by atoms with Crippen molar-refractivity contribution in [2.45, 2.75) is 59.0 Å². The van der Waals surface area contributed by atoms with Gasteiger partial charge < -0.3 is 9.47 Å². The minimum atomic E-state index is -0.454. The van der Waals surface area contributed by atoms with E-state index < -0.39 is 11.9 Å². The SMILES string of the molecule is CC(C)CCCCCCCOC(=O)c1cccc(C(=O)OCc2ccccc2)c1. The van der Waals surface area contributed by atoms with Crippen LogP contribution >= 0.6 is 0 Å². The molecule has 29 heavy (non-hydrogen) atoms. The highest BCUT2D eigenvalue weighted by molar-refractivity contribution is 5.95. The van der Waals surface area contributed by atoms with Crippen LogP contribution in [0.25, 0.3) is 0 Å². The first-order valence-corrected chi connectivity index (χ1v) is 10.5. The predicted molar refractivity (Wildman–Crippen MR) is 115 cm³/mol. The molecule has 0 spiro atoms. The van der Waals surface area contributed by atoms with Crippen LogP contribution in [-0.2, 0) is 16.1 Å². The zero-order chi connectivity index (χ0) is 20.9. The van der Waals surface area contributed by atoms with Crippen molar-refractivity contribution in [3.63, 3.8) is 0 Å². The molecule has 4 nitrogen and oxygen atoms in total. The van der Waals surface area contributed by atoms with Crippen molar-refractivity contribution in [2.75, 3.05) is 6.61 Å². The maximum absolute atomic E-state index is 12.2. The average molecular weight is 397 g/mol. The Morgan fingerprint density at radius 3 is 2.07 bits per heavy atom. The van der Waals surface area contributed by atoms with Gasteiger partial charge in [0.2, 0.25) is 0 Å². The van der Waals surface area contributed by atoms with Gasteiger partial charge in [0.05, 0.1) is 17.7 Å². The summed E-state index contributed by atoms with van der Waals surface area (Å²) in [7, 11) is 0. The highest BCUT2D eigenvalue weighted by Gasteiger charge is 2.12. The van der Waals surface area contributed by atoms with Crippen molar-refractivity contribution in [3.05, 3.63) is 71.3 Å². The maximum Gasteiger partial charge on any atom is 0.338 e. The summed E-state index contributed by atoms with van der Waals surface area (Å²) in [5, 5.41) is 0. The molecule has 0 radical (unpaired) electrons. The Kier molecular flexibility index (Phi) is 9.98. The largest absolute Gasteiger partial charge is 0.462 e. The number of hydrogen-bond donors (Lipinski definition) is 0. The molecule has 0 bridgehead atoms. The summed E-state index contributed by atoms with van der Waals surface area (Å²) in [6.07, 6.45) is 6.89. The van der Waals surface area contributed by atoms with E-state index in [0.29, 0.717) is 17.7 Å². The molecule has 2 rings (SSSR count). The van der Waals surface area contributed by atoms with Crippen LogP contribution in [0.3, 0.4) is 0 Å². The number of carbonyl (C=O) groups excluding carboxylic acids is 2. The second-order valence-electron chi connectivity index (χ2n) is 7.73. The normalized spacial score (nSPS) is 10.7. The Bertz CT molecular complexity index is 752. The van der Waals surface area contributed by atoms with E-state index in [9.17, 15) is 9.59 Å². The van der Waals surface area contributed by atoms with Crippen molar-refractivity contribution in [1.82, 2.24) is 0 Å². The van der Waals surface area contributed by atoms with Gasteiger partial charge in [-0.15, -0.1) is 0 Å². The molecule has 156 valence electrons.